The summed E-state index contributed by atoms with van der Waals surface area (Å²) in [5, 5.41) is -0.689. The molecule has 0 aromatic heterocycles. The van der Waals surface area contributed by atoms with Gasteiger partial charge in [-0.1, -0.05) is 22.0 Å². The molecular weight excluding hydrogens is 279 g/mol. The summed E-state index contributed by atoms with van der Waals surface area (Å²) in [6, 6.07) is 5.60. The van der Waals surface area contributed by atoms with Gasteiger partial charge in [-0.3, -0.25) is 9.59 Å². The summed E-state index contributed by atoms with van der Waals surface area (Å²) in [5.41, 5.74) is 1.86. The van der Waals surface area contributed by atoms with Crippen LogP contribution in [-0.2, 0) is 16.0 Å². The fourth-order valence-corrected chi connectivity index (χ4v) is 2.07. The number of benzene rings is 1. The Balaban J connectivity index is 2.56. The van der Waals surface area contributed by atoms with Crippen LogP contribution in [0.3, 0.4) is 0 Å². The van der Waals surface area contributed by atoms with Crippen molar-refractivity contribution in [2.45, 2.75) is 6.42 Å². The molecule has 2 rings (SSSR count). The van der Waals surface area contributed by atoms with Gasteiger partial charge in [0.15, 0.2) is 5.78 Å². The Morgan fingerprint density at radius 3 is 2.80 bits per heavy atom. The third kappa shape index (κ3) is 2.03. The zero-order valence-corrected chi connectivity index (χ0v) is 9.93. The highest BCUT2D eigenvalue weighted by Crippen LogP contribution is 2.25. The number of halogens is 2. The molecule has 1 aromatic rings. The van der Waals surface area contributed by atoms with E-state index >= 15 is 0 Å². The molecule has 0 aliphatic heterocycles. The molecule has 1 aliphatic carbocycles. The molecule has 0 atom stereocenters. The highest BCUT2D eigenvalue weighted by molar-refractivity contribution is 9.10. The van der Waals surface area contributed by atoms with Crippen LogP contribution in [0.15, 0.2) is 28.2 Å². The van der Waals surface area contributed by atoms with Gasteiger partial charge in [0.1, 0.15) is 0 Å². The zero-order valence-electron chi connectivity index (χ0n) is 7.59. The van der Waals surface area contributed by atoms with E-state index in [1.54, 1.807) is 6.08 Å². The molecular formula is C11H6BrClO2. The van der Waals surface area contributed by atoms with Crippen LogP contribution in [-0.4, -0.2) is 11.0 Å². The van der Waals surface area contributed by atoms with Crippen molar-refractivity contribution in [1.82, 2.24) is 0 Å². The van der Waals surface area contributed by atoms with Crippen molar-refractivity contribution >= 4 is 44.6 Å². The van der Waals surface area contributed by atoms with E-state index in [0.29, 0.717) is 0 Å². The van der Waals surface area contributed by atoms with Gasteiger partial charge < -0.3 is 0 Å². The number of ketones is 1. The molecule has 0 saturated heterocycles. The second-order valence-corrected chi connectivity index (χ2v) is 4.53. The van der Waals surface area contributed by atoms with Gasteiger partial charge in [0.25, 0.3) is 5.24 Å². The number of allylic oxidation sites excluding steroid dienone is 1. The first-order valence-corrected chi connectivity index (χ1v) is 5.48. The molecule has 0 spiro atoms. The second kappa shape index (κ2) is 3.91. The normalized spacial score (nSPS) is 14.5. The summed E-state index contributed by atoms with van der Waals surface area (Å²) in [6.45, 7) is 0. The fourth-order valence-electron chi connectivity index (χ4n) is 1.53. The van der Waals surface area contributed by atoms with E-state index in [1.807, 2.05) is 18.2 Å². The van der Waals surface area contributed by atoms with Crippen LogP contribution in [0.1, 0.15) is 11.1 Å². The van der Waals surface area contributed by atoms with Crippen LogP contribution >= 0.6 is 27.5 Å². The van der Waals surface area contributed by atoms with Gasteiger partial charge in [0.05, 0.1) is 5.57 Å². The van der Waals surface area contributed by atoms with Crippen LogP contribution in [0.2, 0.25) is 0 Å². The third-order valence-corrected chi connectivity index (χ3v) is 2.97. The predicted molar refractivity (Wildman–Crippen MR) is 61.7 cm³/mol. The van der Waals surface area contributed by atoms with Crippen LogP contribution in [0.4, 0.5) is 0 Å². The van der Waals surface area contributed by atoms with Crippen LogP contribution < -0.4 is 0 Å². The molecule has 76 valence electrons. The second-order valence-electron chi connectivity index (χ2n) is 3.27. The molecule has 0 saturated carbocycles. The molecule has 1 aliphatic rings. The Hall–Kier alpha value is -0.930. The lowest BCUT2D eigenvalue weighted by atomic mass is 9.92. The van der Waals surface area contributed by atoms with Gasteiger partial charge in [0.2, 0.25) is 0 Å². The standard InChI is InChI=1S/C11H6BrClO2/c12-8-2-1-6-5-10(14)9(11(13)15)4-7(6)3-8/h1-4H,5H2. The number of hydrogen-bond donors (Lipinski definition) is 0. The molecule has 0 amide bonds. The number of hydrogen-bond acceptors (Lipinski definition) is 2. The Kier molecular flexibility index (Phi) is 2.76. The van der Waals surface area contributed by atoms with Gasteiger partial charge in [-0.2, -0.15) is 0 Å². The van der Waals surface area contributed by atoms with Crippen LogP contribution in [0.5, 0.6) is 0 Å². The van der Waals surface area contributed by atoms with Crippen molar-refractivity contribution in [2.24, 2.45) is 0 Å². The average molecular weight is 286 g/mol. The van der Waals surface area contributed by atoms with Gasteiger partial charge in [-0.25, -0.2) is 0 Å². The lowest BCUT2D eigenvalue weighted by Crippen LogP contribution is -2.15. The zero-order chi connectivity index (χ0) is 11.0. The first-order valence-electron chi connectivity index (χ1n) is 4.31. The fraction of sp³-hybridized carbons (Fsp3) is 0.0909. The summed E-state index contributed by atoms with van der Waals surface area (Å²) >= 11 is 8.65. The quantitative estimate of drug-likeness (QED) is 0.587. The molecule has 15 heavy (non-hydrogen) atoms. The monoisotopic (exact) mass is 284 g/mol. The van der Waals surface area contributed by atoms with Crippen molar-refractivity contribution in [3.05, 3.63) is 39.4 Å². The van der Waals surface area contributed by atoms with Crippen LogP contribution in [0.25, 0.3) is 6.08 Å². The third-order valence-electron chi connectivity index (χ3n) is 2.27. The molecule has 0 fully saturated rings. The van der Waals surface area contributed by atoms with Crippen molar-refractivity contribution in [2.75, 3.05) is 0 Å². The van der Waals surface area contributed by atoms with Crippen molar-refractivity contribution in [3.63, 3.8) is 0 Å². The maximum atomic E-state index is 11.5. The van der Waals surface area contributed by atoms with Gasteiger partial charge >= 0.3 is 0 Å². The summed E-state index contributed by atoms with van der Waals surface area (Å²) in [4.78, 5) is 22.5. The van der Waals surface area contributed by atoms with Crippen LogP contribution in [0, 0.1) is 0 Å². The number of carbonyl (C=O) groups is 2. The van der Waals surface area contributed by atoms with E-state index in [0.717, 1.165) is 15.6 Å². The van der Waals surface area contributed by atoms with E-state index in [4.69, 9.17) is 11.6 Å². The highest BCUT2D eigenvalue weighted by atomic mass is 79.9. The summed E-state index contributed by atoms with van der Waals surface area (Å²) in [5.74, 6) is -0.218. The Morgan fingerprint density at radius 1 is 1.40 bits per heavy atom. The summed E-state index contributed by atoms with van der Waals surface area (Å²) in [7, 11) is 0. The van der Waals surface area contributed by atoms with Crippen molar-refractivity contribution in [3.8, 4) is 0 Å². The maximum Gasteiger partial charge on any atom is 0.256 e. The minimum absolute atomic E-state index is 0.0715. The van der Waals surface area contributed by atoms with E-state index in [1.165, 1.54) is 0 Å². The first kappa shape index (κ1) is 10.6. The molecule has 4 heteroatoms. The maximum absolute atomic E-state index is 11.5. The van der Waals surface area contributed by atoms with Gasteiger partial charge in [0, 0.05) is 10.9 Å². The molecule has 0 bridgehead atoms. The molecule has 0 unspecified atom stereocenters. The van der Waals surface area contributed by atoms with E-state index in [9.17, 15) is 9.59 Å². The van der Waals surface area contributed by atoms with Crippen molar-refractivity contribution in [1.29, 1.82) is 0 Å². The molecule has 0 radical (unpaired) electrons. The Bertz CT molecular complexity index is 491. The van der Waals surface area contributed by atoms with Gasteiger partial charge in [-0.15, -0.1) is 0 Å². The summed E-state index contributed by atoms with van der Waals surface area (Å²) in [6.07, 6.45) is 1.79. The molecule has 2 nitrogen and oxygen atoms in total. The summed E-state index contributed by atoms with van der Waals surface area (Å²) < 4.78 is 0.910. The number of fused-ring (bicyclic) bond motifs is 1. The SMILES string of the molecule is O=C(Cl)C1=Cc2cc(Br)ccc2CC1=O. The van der Waals surface area contributed by atoms with E-state index in [-0.39, 0.29) is 17.8 Å². The molecule has 0 heterocycles. The van der Waals surface area contributed by atoms with E-state index in [2.05, 4.69) is 15.9 Å². The Morgan fingerprint density at radius 2 is 2.13 bits per heavy atom. The Labute approximate surface area is 100 Å². The number of carbonyl (C=O) groups excluding carboxylic acids is 2. The molecule has 1 aromatic carbocycles. The highest BCUT2D eigenvalue weighted by Gasteiger charge is 2.22. The number of rotatable bonds is 1. The molecule has 0 N–H and O–H groups in total. The van der Waals surface area contributed by atoms with Crippen molar-refractivity contribution < 1.29 is 9.59 Å². The predicted octanol–water partition coefficient (Wildman–Crippen LogP) is 2.72. The largest absolute Gasteiger partial charge is 0.294 e. The number of Topliss-reactive ketones (excluding diaryl/α,β-unsaturated/α-hetero) is 1. The van der Waals surface area contributed by atoms with Gasteiger partial charge in [-0.05, 0) is 40.9 Å². The lowest BCUT2D eigenvalue weighted by Gasteiger charge is -2.13. The lowest BCUT2D eigenvalue weighted by molar-refractivity contribution is -0.118. The minimum Gasteiger partial charge on any atom is -0.294 e. The first-order chi connectivity index (χ1) is 7.08. The van der Waals surface area contributed by atoms with E-state index < -0.39 is 5.24 Å². The average Bonchev–Trinajstić information content (AvgIpc) is 2.17. The topological polar surface area (TPSA) is 34.1 Å². The smallest absolute Gasteiger partial charge is 0.256 e. The minimum atomic E-state index is -0.689.